The number of halogens is 1. The molecule has 1 N–H and O–H groups in total. The average molecular weight is 477 g/mol. The summed E-state index contributed by atoms with van der Waals surface area (Å²) in [6, 6.07) is 18.4. The minimum absolute atomic E-state index is 0.194. The van der Waals surface area contributed by atoms with Crippen LogP contribution in [0.2, 0.25) is 5.02 Å². The van der Waals surface area contributed by atoms with Crippen LogP contribution in [0.25, 0.3) is 6.08 Å². The van der Waals surface area contributed by atoms with Gasteiger partial charge >= 0.3 is 6.03 Å². The number of rotatable bonds is 6. The summed E-state index contributed by atoms with van der Waals surface area (Å²) in [5.74, 6) is -0.567. The molecular formula is C26H21ClN2O5. The maximum atomic E-state index is 13.3. The van der Waals surface area contributed by atoms with Crippen LogP contribution in [0.15, 0.2) is 72.3 Å². The lowest BCUT2D eigenvalue weighted by Crippen LogP contribution is -2.54. The highest BCUT2D eigenvalue weighted by atomic mass is 35.5. The summed E-state index contributed by atoms with van der Waals surface area (Å²) in [6.45, 7) is 1.98. The second kappa shape index (κ2) is 9.80. The minimum Gasteiger partial charge on any atom is -0.497 e. The van der Waals surface area contributed by atoms with E-state index in [-0.39, 0.29) is 12.2 Å². The number of hydrogen-bond donors (Lipinski definition) is 1. The Labute approximate surface area is 201 Å². The number of aryl methyl sites for hydroxylation is 1. The van der Waals surface area contributed by atoms with Crippen molar-refractivity contribution in [1.82, 2.24) is 5.32 Å². The molecule has 1 aliphatic heterocycles. The molecule has 0 aliphatic carbocycles. The summed E-state index contributed by atoms with van der Waals surface area (Å²) in [6.07, 6.45) is 1.40. The third-order valence-corrected chi connectivity index (χ3v) is 5.50. The van der Waals surface area contributed by atoms with Gasteiger partial charge in [-0.25, -0.2) is 9.69 Å². The molecule has 172 valence electrons. The maximum Gasteiger partial charge on any atom is 0.335 e. The highest BCUT2D eigenvalue weighted by molar-refractivity contribution is 6.39. The van der Waals surface area contributed by atoms with E-state index in [1.54, 1.807) is 61.5 Å². The summed E-state index contributed by atoms with van der Waals surface area (Å²) in [5.41, 5.74) is 2.24. The van der Waals surface area contributed by atoms with Crippen LogP contribution >= 0.6 is 11.6 Å². The molecule has 0 aromatic heterocycles. The molecule has 0 radical (unpaired) electrons. The molecule has 8 heteroatoms. The Morgan fingerprint density at radius 2 is 1.79 bits per heavy atom. The van der Waals surface area contributed by atoms with Gasteiger partial charge in [-0.2, -0.15) is 0 Å². The Hall–Kier alpha value is -4.10. The summed E-state index contributed by atoms with van der Waals surface area (Å²) in [4.78, 5) is 39.3. The van der Waals surface area contributed by atoms with E-state index in [2.05, 4.69) is 5.32 Å². The van der Waals surface area contributed by atoms with Crippen molar-refractivity contribution in [2.45, 2.75) is 13.5 Å². The monoisotopic (exact) mass is 476 g/mol. The Morgan fingerprint density at radius 1 is 1.00 bits per heavy atom. The van der Waals surface area contributed by atoms with Crippen LogP contribution in [0, 0.1) is 6.92 Å². The first-order valence-corrected chi connectivity index (χ1v) is 10.8. The first-order valence-electron chi connectivity index (χ1n) is 10.4. The predicted octanol–water partition coefficient (Wildman–Crippen LogP) is 4.90. The molecule has 1 saturated heterocycles. The Morgan fingerprint density at radius 3 is 2.53 bits per heavy atom. The number of carbonyl (C=O) groups is 3. The van der Waals surface area contributed by atoms with Crippen LogP contribution < -0.4 is 19.7 Å². The highest BCUT2D eigenvalue weighted by Gasteiger charge is 2.37. The number of imide groups is 2. The summed E-state index contributed by atoms with van der Waals surface area (Å²) in [7, 11) is 1.53. The Kier molecular flexibility index (Phi) is 6.65. The van der Waals surface area contributed by atoms with Crippen LogP contribution in [-0.4, -0.2) is 25.0 Å². The second-order valence-electron chi connectivity index (χ2n) is 7.57. The molecule has 0 spiro atoms. The molecule has 34 heavy (non-hydrogen) atoms. The molecule has 4 rings (SSSR count). The minimum atomic E-state index is -0.798. The zero-order chi connectivity index (χ0) is 24.2. The van der Waals surface area contributed by atoms with E-state index in [0.717, 1.165) is 16.0 Å². The van der Waals surface area contributed by atoms with Crippen LogP contribution in [0.3, 0.4) is 0 Å². The second-order valence-corrected chi connectivity index (χ2v) is 8.00. The van der Waals surface area contributed by atoms with Gasteiger partial charge in [-0.1, -0.05) is 41.9 Å². The summed E-state index contributed by atoms with van der Waals surface area (Å²) < 4.78 is 11.3. The number of urea groups is 1. The van der Waals surface area contributed by atoms with Crippen molar-refractivity contribution in [3.05, 3.63) is 94.0 Å². The number of benzene rings is 3. The first-order chi connectivity index (χ1) is 16.4. The molecule has 0 unspecified atom stereocenters. The number of carbonyl (C=O) groups excluding carboxylic acids is 3. The molecule has 4 amide bonds. The van der Waals surface area contributed by atoms with Gasteiger partial charge in [0.05, 0.1) is 12.8 Å². The number of ether oxygens (including phenoxy) is 2. The number of amides is 4. The van der Waals surface area contributed by atoms with Gasteiger partial charge in [0.15, 0.2) is 0 Å². The van der Waals surface area contributed by atoms with Crippen LogP contribution in [0.5, 0.6) is 11.5 Å². The molecule has 0 saturated carbocycles. The third-order valence-electron chi connectivity index (χ3n) is 5.26. The number of para-hydroxylation sites is 1. The number of hydrogen-bond acceptors (Lipinski definition) is 5. The molecule has 1 aliphatic rings. The van der Waals surface area contributed by atoms with E-state index < -0.39 is 17.8 Å². The smallest absolute Gasteiger partial charge is 0.335 e. The van der Waals surface area contributed by atoms with E-state index in [1.807, 2.05) is 12.1 Å². The van der Waals surface area contributed by atoms with Crippen LogP contribution in [-0.2, 0) is 16.2 Å². The van der Waals surface area contributed by atoms with Crippen molar-refractivity contribution >= 4 is 41.2 Å². The fraction of sp³-hybridized carbons (Fsp3) is 0.115. The number of barbiturate groups is 1. The van der Waals surface area contributed by atoms with E-state index in [1.165, 1.54) is 13.2 Å². The molecule has 0 atom stereocenters. The van der Waals surface area contributed by atoms with Crippen LogP contribution in [0.1, 0.15) is 16.7 Å². The lowest BCUT2D eigenvalue weighted by atomic mass is 10.0. The predicted molar refractivity (Wildman–Crippen MR) is 129 cm³/mol. The standard InChI is InChI=1S/C26H21ClN2O5/c1-16-6-3-4-9-22(16)29-25(31)21(24(30)28-26(29)32)13-18-10-11-20(33-2)14-23(18)34-15-17-7-5-8-19(27)12-17/h3-14H,15H2,1-2H3,(H,28,30,32)/b21-13+. The van der Waals surface area contributed by atoms with E-state index in [9.17, 15) is 14.4 Å². The molecule has 1 heterocycles. The van der Waals surface area contributed by atoms with E-state index in [4.69, 9.17) is 21.1 Å². The van der Waals surface area contributed by atoms with Gasteiger partial charge in [0.2, 0.25) is 0 Å². The molecule has 0 bridgehead atoms. The van der Waals surface area contributed by atoms with E-state index in [0.29, 0.717) is 27.8 Å². The van der Waals surface area contributed by atoms with Crippen LogP contribution in [0.4, 0.5) is 10.5 Å². The molecule has 3 aromatic carbocycles. The van der Waals surface area contributed by atoms with Crippen molar-refractivity contribution in [3.8, 4) is 11.5 Å². The van der Waals surface area contributed by atoms with Crippen molar-refractivity contribution in [3.63, 3.8) is 0 Å². The highest BCUT2D eigenvalue weighted by Crippen LogP contribution is 2.30. The van der Waals surface area contributed by atoms with Gasteiger partial charge < -0.3 is 9.47 Å². The van der Waals surface area contributed by atoms with Crippen molar-refractivity contribution in [1.29, 1.82) is 0 Å². The lowest BCUT2D eigenvalue weighted by molar-refractivity contribution is -0.122. The van der Waals surface area contributed by atoms with Gasteiger partial charge in [-0.15, -0.1) is 0 Å². The van der Waals surface area contributed by atoms with Gasteiger partial charge in [-0.3, -0.25) is 14.9 Å². The maximum absolute atomic E-state index is 13.3. The van der Waals surface area contributed by atoms with Gasteiger partial charge in [0, 0.05) is 16.7 Å². The fourth-order valence-electron chi connectivity index (χ4n) is 3.52. The SMILES string of the molecule is COc1ccc(/C=C2\C(=O)NC(=O)N(c3ccccc3C)C2=O)c(OCc2cccc(Cl)c2)c1. The average Bonchev–Trinajstić information content (AvgIpc) is 2.82. The zero-order valence-electron chi connectivity index (χ0n) is 18.5. The molecule has 3 aromatic rings. The van der Waals surface area contributed by atoms with Crippen molar-refractivity contribution < 1.29 is 23.9 Å². The molecular weight excluding hydrogens is 456 g/mol. The van der Waals surface area contributed by atoms with Crippen molar-refractivity contribution in [2.75, 3.05) is 12.0 Å². The van der Waals surface area contributed by atoms with Gasteiger partial charge in [-0.05, 0) is 54.5 Å². The van der Waals surface area contributed by atoms with Crippen molar-refractivity contribution in [2.24, 2.45) is 0 Å². The van der Waals surface area contributed by atoms with Gasteiger partial charge in [0.25, 0.3) is 11.8 Å². The number of anilines is 1. The first kappa shape index (κ1) is 23.1. The zero-order valence-corrected chi connectivity index (χ0v) is 19.3. The fourth-order valence-corrected chi connectivity index (χ4v) is 3.73. The van der Waals surface area contributed by atoms with E-state index >= 15 is 0 Å². The van der Waals surface area contributed by atoms with Gasteiger partial charge in [0.1, 0.15) is 23.7 Å². The quantitative estimate of drug-likeness (QED) is 0.404. The largest absolute Gasteiger partial charge is 0.497 e. The number of nitrogens with zero attached hydrogens (tertiary/aromatic N) is 1. The third kappa shape index (κ3) is 4.79. The number of nitrogens with one attached hydrogen (secondary N) is 1. The Balaban J connectivity index is 1.70. The topological polar surface area (TPSA) is 84.9 Å². The number of methoxy groups -OCH3 is 1. The lowest BCUT2D eigenvalue weighted by Gasteiger charge is -2.27. The normalized spacial score (nSPS) is 14.9. The summed E-state index contributed by atoms with van der Waals surface area (Å²) in [5, 5.41) is 2.82. The molecule has 1 fully saturated rings. The molecule has 7 nitrogen and oxygen atoms in total. The Bertz CT molecular complexity index is 1320. The summed E-state index contributed by atoms with van der Waals surface area (Å²) >= 11 is 6.05.